The highest BCUT2D eigenvalue weighted by molar-refractivity contribution is 9.11. The Kier molecular flexibility index (Phi) is 3.34. The lowest BCUT2D eigenvalue weighted by Gasteiger charge is -2.01. The van der Waals surface area contributed by atoms with E-state index in [0.717, 1.165) is 10.0 Å². The lowest BCUT2D eigenvalue weighted by atomic mass is 10.2. The predicted octanol–water partition coefficient (Wildman–Crippen LogP) is 4.09. The predicted molar refractivity (Wildman–Crippen MR) is 51.4 cm³/mol. The number of hydrogen-bond acceptors (Lipinski definition) is 0. The van der Waals surface area contributed by atoms with Gasteiger partial charge in [-0.25, -0.2) is 4.39 Å². The molecule has 0 aromatic heterocycles. The Bertz CT molecular complexity index is 275. The van der Waals surface area contributed by atoms with Crippen LogP contribution in [0.2, 0.25) is 0 Å². The van der Waals surface area contributed by atoms with Gasteiger partial charge in [0.15, 0.2) is 0 Å². The summed E-state index contributed by atoms with van der Waals surface area (Å²) in [5.74, 6) is 0.0222. The minimum Gasteiger partial charge on any atom is -0.206 e. The number of halogens is 4. The summed E-state index contributed by atoms with van der Waals surface area (Å²) >= 11 is 11.9. The monoisotopic (exact) mass is 300 g/mol. The largest absolute Gasteiger partial charge is 0.206 e. The second-order valence-corrected chi connectivity index (χ2v) is 3.97. The normalized spacial score (nSPS) is 10.2. The van der Waals surface area contributed by atoms with Crippen molar-refractivity contribution < 1.29 is 4.39 Å². The first kappa shape index (κ1) is 9.49. The molecule has 11 heavy (non-hydrogen) atoms. The van der Waals surface area contributed by atoms with E-state index in [4.69, 9.17) is 11.6 Å². The molecular weight excluding hydrogens is 298 g/mol. The first-order valence-corrected chi connectivity index (χ1v) is 4.96. The van der Waals surface area contributed by atoms with Crippen LogP contribution in [-0.4, -0.2) is 0 Å². The summed E-state index contributed by atoms with van der Waals surface area (Å²) in [5.41, 5.74) is 0.757. The van der Waals surface area contributed by atoms with Crippen molar-refractivity contribution in [1.29, 1.82) is 0 Å². The van der Waals surface area contributed by atoms with Crippen LogP contribution in [0, 0.1) is 5.82 Å². The van der Waals surface area contributed by atoms with E-state index in [0.29, 0.717) is 10.4 Å². The average molecular weight is 302 g/mol. The summed E-state index contributed by atoms with van der Waals surface area (Å²) in [4.78, 5) is 0. The van der Waals surface area contributed by atoms with Crippen LogP contribution in [0.15, 0.2) is 21.1 Å². The molecule has 0 saturated carbocycles. The van der Waals surface area contributed by atoms with Crippen LogP contribution in [0.3, 0.4) is 0 Å². The molecule has 0 heterocycles. The molecule has 4 heteroatoms. The van der Waals surface area contributed by atoms with Gasteiger partial charge in [-0.05, 0) is 33.6 Å². The second-order valence-electron chi connectivity index (χ2n) is 1.99. The van der Waals surface area contributed by atoms with Crippen LogP contribution >= 0.6 is 43.5 Å². The standard InChI is InChI=1S/C7H4Br2ClF/c8-5-2-6(9)7(11)1-4(5)3-10/h1-2H,3H2. The third-order valence-electron chi connectivity index (χ3n) is 1.23. The number of benzene rings is 1. The fourth-order valence-electron chi connectivity index (χ4n) is 0.666. The molecule has 0 unspecified atom stereocenters. The van der Waals surface area contributed by atoms with Gasteiger partial charge in [0.25, 0.3) is 0 Å². The zero-order valence-corrected chi connectivity index (χ0v) is 9.30. The van der Waals surface area contributed by atoms with Crippen molar-refractivity contribution in [1.82, 2.24) is 0 Å². The van der Waals surface area contributed by atoms with Gasteiger partial charge in [-0.2, -0.15) is 0 Å². The van der Waals surface area contributed by atoms with Gasteiger partial charge < -0.3 is 0 Å². The SMILES string of the molecule is Fc1cc(CCl)c(Br)cc1Br. The molecule has 0 fully saturated rings. The summed E-state index contributed by atoms with van der Waals surface area (Å²) in [6.07, 6.45) is 0. The Labute approximate surface area is 86.0 Å². The molecule has 60 valence electrons. The minimum atomic E-state index is -0.288. The van der Waals surface area contributed by atoms with Crippen molar-refractivity contribution in [3.63, 3.8) is 0 Å². The summed E-state index contributed by atoms with van der Waals surface area (Å²) < 4.78 is 14.1. The van der Waals surface area contributed by atoms with E-state index in [-0.39, 0.29) is 5.82 Å². The highest BCUT2D eigenvalue weighted by Gasteiger charge is 2.04. The van der Waals surface area contributed by atoms with Crippen LogP contribution in [0.4, 0.5) is 4.39 Å². The lowest BCUT2D eigenvalue weighted by molar-refractivity contribution is 0.619. The maximum absolute atomic E-state index is 12.8. The third kappa shape index (κ3) is 2.17. The van der Waals surface area contributed by atoms with Crippen molar-refractivity contribution in [3.8, 4) is 0 Å². The molecule has 0 N–H and O–H groups in total. The van der Waals surface area contributed by atoms with Gasteiger partial charge in [0.1, 0.15) is 5.82 Å². The fourth-order valence-corrected chi connectivity index (χ4v) is 2.18. The first-order chi connectivity index (χ1) is 5.15. The van der Waals surface area contributed by atoms with Crippen molar-refractivity contribution in [2.24, 2.45) is 0 Å². The molecule has 0 nitrogen and oxygen atoms in total. The number of alkyl halides is 1. The molecule has 0 aliphatic rings. The van der Waals surface area contributed by atoms with E-state index in [9.17, 15) is 4.39 Å². The Morgan fingerprint density at radius 1 is 1.27 bits per heavy atom. The zero-order valence-electron chi connectivity index (χ0n) is 5.37. The molecule has 1 rings (SSSR count). The highest BCUT2D eigenvalue weighted by Crippen LogP contribution is 2.25. The summed E-state index contributed by atoms with van der Waals surface area (Å²) in [6, 6.07) is 3.05. The van der Waals surface area contributed by atoms with Crippen LogP contribution in [0.1, 0.15) is 5.56 Å². The zero-order chi connectivity index (χ0) is 8.43. The minimum absolute atomic E-state index is 0.288. The molecule has 1 aromatic rings. The van der Waals surface area contributed by atoms with E-state index in [1.165, 1.54) is 6.07 Å². The fraction of sp³-hybridized carbons (Fsp3) is 0.143. The topological polar surface area (TPSA) is 0 Å². The van der Waals surface area contributed by atoms with Gasteiger partial charge in [-0.15, -0.1) is 11.6 Å². The van der Waals surface area contributed by atoms with Gasteiger partial charge in [0.2, 0.25) is 0 Å². The molecular formula is C7H4Br2ClF. The van der Waals surface area contributed by atoms with Crippen molar-refractivity contribution >= 4 is 43.5 Å². The van der Waals surface area contributed by atoms with E-state index in [1.54, 1.807) is 6.07 Å². The van der Waals surface area contributed by atoms with Gasteiger partial charge in [-0.3, -0.25) is 0 Å². The average Bonchev–Trinajstić information content (AvgIpc) is 1.97. The Morgan fingerprint density at radius 2 is 1.91 bits per heavy atom. The maximum Gasteiger partial charge on any atom is 0.137 e. The van der Waals surface area contributed by atoms with Crippen molar-refractivity contribution in [2.45, 2.75) is 5.88 Å². The third-order valence-corrected chi connectivity index (χ3v) is 2.87. The van der Waals surface area contributed by atoms with Gasteiger partial charge in [-0.1, -0.05) is 15.9 Å². The quantitative estimate of drug-likeness (QED) is 0.541. The Balaban J connectivity index is 3.21. The molecule has 0 bridgehead atoms. The van der Waals surface area contributed by atoms with Gasteiger partial charge >= 0.3 is 0 Å². The molecule has 0 saturated heterocycles. The van der Waals surface area contributed by atoms with Crippen molar-refractivity contribution in [3.05, 3.63) is 32.5 Å². The molecule has 0 amide bonds. The molecule has 0 spiro atoms. The van der Waals surface area contributed by atoms with Crippen LogP contribution in [0.5, 0.6) is 0 Å². The van der Waals surface area contributed by atoms with Crippen LogP contribution in [-0.2, 0) is 5.88 Å². The molecule has 1 aromatic carbocycles. The van der Waals surface area contributed by atoms with E-state index >= 15 is 0 Å². The van der Waals surface area contributed by atoms with Gasteiger partial charge in [0, 0.05) is 10.4 Å². The Morgan fingerprint density at radius 3 is 2.45 bits per heavy atom. The molecule has 0 atom stereocenters. The molecule has 0 aliphatic heterocycles. The first-order valence-electron chi connectivity index (χ1n) is 2.84. The molecule has 0 radical (unpaired) electrons. The molecule has 0 aliphatic carbocycles. The highest BCUT2D eigenvalue weighted by atomic mass is 79.9. The van der Waals surface area contributed by atoms with Crippen molar-refractivity contribution in [2.75, 3.05) is 0 Å². The van der Waals surface area contributed by atoms with Gasteiger partial charge in [0.05, 0.1) is 4.47 Å². The number of rotatable bonds is 1. The lowest BCUT2D eigenvalue weighted by Crippen LogP contribution is -1.84. The smallest absolute Gasteiger partial charge is 0.137 e. The van der Waals surface area contributed by atoms with E-state index in [2.05, 4.69) is 31.9 Å². The van der Waals surface area contributed by atoms with E-state index < -0.39 is 0 Å². The second kappa shape index (κ2) is 3.87. The van der Waals surface area contributed by atoms with Crippen LogP contribution in [0.25, 0.3) is 0 Å². The summed E-state index contributed by atoms with van der Waals surface area (Å²) in [5, 5.41) is 0. The van der Waals surface area contributed by atoms with E-state index in [1.807, 2.05) is 0 Å². The Hall–Kier alpha value is 0.400. The summed E-state index contributed by atoms with van der Waals surface area (Å²) in [6.45, 7) is 0. The summed E-state index contributed by atoms with van der Waals surface area (Å²) in [7, 11) is 0. The number of hydrogen-bond donors (Lipinski definition) is 0. The van der Waals surface area contributed by atoms with Crippen LogP contribution < -0.4 is 0 Å². The maximum atomic E-state index is 12.8.